The zero-order valence-electron chi connectivity index (χ0n) is 11.7. The summed E-state index contributed by atoms with van der Waals surface area (Å²) in [5.74, 6) is 0. The predicted octanol–water partition coefficient (Wildman–Crippen LogP) is 4.09. The minimum Gasteiger partial charge on any atom is -0.398 e. The van der Waals surface area contributed by atoms with Crippen LogP contribution in [0.3, 0.4) is 0 Å². The molecule has 0 aliphatic heterocycles. The van der Waals surface area contributed by atoms with E-state index in [0.717, 1.165) is 22.3 Å². The van der Waals surface area contributed by atoms with Gasteiger partial charge in [0.15, 0.2) is 0 Å². The van der Waals surface area contributed by atoms with E-state index in [1.807, 2.05) is 6.07 Å². The van der Waals surface area contributed by atoms with Gasteiger partial charge in [0, 0.05) is 17.1 Å². The van der Waals surface area contributed by atoms with Gasteiger partial charge in [0.1, 0.15) is 0 Å². The predicted molar refractivity (Wildman–Crippen MR) is 88.9 cm³/mol. The van der Waals surface area contributed by atoms with Crippen LogP contribution in [0.25, 0.3) is 0 Å². The first-order chi connectivity index (χ1) is 9.11. The molecule has 0 aromatic heterocycles. The summed E-state index contributed by atoms with van der Waals surface area (Å²) in [7, 11) is 2.16. The molecule has 0 spiro atoms. The van der Waals surface area contributed by atoms with Gasteiger partial charge in [0.05, 0.1) is 17.3 Å². The third-order valence-corrected chi connectivity index (χ3v) is 4.62. The highest BCUT2D eigenvalue weighted by Gasteiger charge is 2.19. The second kappa shape index (κ2) is 7.87. The monoisotopic (exact) mass is 357 g/mol. The van der Waals surface area contributed by atoms with E-state index in [9.17, 15) is 0 Å². The van der Waals surface area contributed by atoms with E-state index >= 15 is 0 Å². The maximum atomic E-state index is 9.03. The molecule has 3 nitrogen and oxygen atoms in total. The van der Waals surface area contributed by atoms with E-state index < -0.39 is 0 Å². The number of rotatable bonds is 3. The van der Waals surface area contributed by atoms with Gasteiger partial charge in [-0.2, -0.15) is 5.26 Å². The van der Waals surface area contributed by atoms with Crippen molar-refractivity contribution in [2.75, 3.05) is 12.8 Å². The standard InChI is InChI=1S/C15H20BrN3.ClH/c1-19(13-5-3-2-4-6-13)10-12-7-11(9-17)8-14(16)15(12)18;/h7-8,13H,2-6,10,18H2,1H3;1H. The molecule has 1 aromatic rings. The van der Waals surface area contributed by atoms with E-state index in [1.54, 1.807) is 6.07 Å². The van der Waals surface area contributed by atoms with E-state index in [4.69, 9.17) is 11.0 Å². The van der Waals surface area contributed by atoms with E-state index in [-0.39, 0.29) is 12.4 Å². The Bertz CT molecular complexity index is 493. The van der Waals surface area contributed by atoms with Crippen molar-refractivity contribution in [3.05, 3.63) is 27.7 Å². The molecular weight excluding hydrogens is 338 g/mol. The summed E-state index contributed by atoms with van der Waals surface area (Å²) in [5.41, 5.74) is 8.55. The number of nitriles is 1. The topological polar surface area (TPSA) is 53.0 Å². The Morgan fingerprint density at radius 1 is 1.35 bits per heavy atom. The van der Waals surface area contributed by atoms with Crippen molar-refractivity contribution in [1.29, 1.82) is 5.26 Å². The Balaban J connectivity index is 0.00000200. The van der Waals surface area contributed by atoms with Crippen LogP contribution in [0.1, 0.15) is 43.2 Å². The summed E-state index contributed by atoms with van der Waals surface area (Å²) in [4.78, 5) is 2.37. The van der Waals surface area contributed by atoms with E-state index in [0.29, 0.717) is 11.6 Å². The van der Waals surface area contributed by atoms with Crippen LogP contribution in [-0.2, 0) is 6.54 Å². The highest BCUT2D eigenvalue weighted by Crippen LogP contribution is 2.28. The molecule has 0 radical (unpaired) electrons. The SMILES string of the molecule is CN(Cc1cc(C#N)cc(Br)c1N)C1CCCCC1.Cl. The van der Waals surface area contributed by atoms with Crippen LogP contribution in [-0.4, -0.2) is 18.0 Å². The van der Waals surface area contributed by atoms with Crippen molar-refractivity contribution in [3.8, 4) is 6.07 Å². The van der Waals surface area contributed by atoms with Gasteiger partial charge in [0.25, 0.3) is 0 Å². The third kappa shape index (κ3) is 4.12. The first-order valence-electron chi connectivity index (χ1n) is 6.80. The van der Waals surface area contributed by atoms with Crippen molar-refractivity contribution < 1.29 is 0 Å². The summed E-state index contributed by atoms with van der Waals surface area (Å²) in [6.07, 6.45) is 6.56. The number of hydrogen-bond donors (Lipinski definition) is 1. The summed E-state index contributed by atoms with van der Waals surface area (Å²) in [6.45, 7) is 0.810. The average molecular weight is 359 g/mol. The van der Waals surface area contributed by atoms with Gasteiger partial charge in [0.2, 0.25) is 0 Å². The maximum absolute atomic E-state index is 9.03. The fourth-order valence-corrected chi connectivity index (χ4v) is 3.29. The fraction of sp³-hybridized carbons (Fsp3) is 0.533. The Kier molecular flexibility index (Phi) is 6.81. The minimum atomic E-state index is 0. The number of halogens is 2. The molecule has 1 aliphatic carbocycles. The van der Waals surface area contributed by atoms with Crippen molar-refractivity contribution in [1.82, 2.24) is 4.90 Å². The lowest BCUT2D eigenvalue weighted by molar-refractivity contribution is 0.185. The van der Waals surface area contributed by atoms with Gasteiger partial charge in [-0.05, 0) is 53.5 Å². The molecule has 5 heteroatoms. The van der Waals surface area contributed by atoms with Crippen molar-refractivity contribution in [2.24, 2.45) is 0 Å². The number of nitrogens with zero attached hydrogens (tertiary/aromatic N) is 2. The number of nitrogen functional groups attached to an aromatic ring is 1. The molecule has 0 amide bonds. The van der Waals surface area contributed by atoms with Crippen LogP contribution in [0.5, 0.6) is 0 Å². The van der Waals surface area contributed by atoms with Crippen LogP contribution in [0, 0.1) is 11.3 Å². The number of nitrogens with two attached hydrogens (primary N) is 1. The molecule has 0 heterocycles. The first-order valence-corrected chi connectivity index (χ1v) is 7.59. The summed E-state index contributed by atoms with van der Waals surface area (Å²) >= 11 is 3.43. The molecular formula is C15H21BrClN3. The molecule has 110 valence electrons. The molecule has 20 heavy (non-hydrogen) atoms. The van der Waals surface area contributed by atoms with Gasteiger partial charge in [-0.25, -0.2) is 0 Å². The lowest BCUT2D eigenvalue weighted by Gasteiger charge is -2.31. The Morgan fingerprint density at radius 3 is 2.60 bits per heavy atom. The van der Waals surface area contributed by atoms with Crippen LogP contribution >= 0.6 is 28.3 Å². The number of benzene rings is 1. The zero-order chi connectivity index (χ0) is 13.8. The molecule has 0 atom stereocenters. The molecule has 2 rings (SSSR count). The molecule has 1 aromatic carbocycles. The van der Waals surface area contributed by atoms with E-state index in [2.05, 4.69) is 33.9 Å². The van der Waals surface area contributed by atoms with Crippen LogP contribution < -0.4 is 5.73 Å². The van der Waals surface area contributed by atoms with Crippen molar-refractivity contribution in [2.45, 2.75) is 44.7 Å². The molecule has 1 fully saturated rings. The maximum Gasteiger partial charge on any atom is 0.0992 e. The molecule has 0 saturated heterocycles. The Morgan fingerprint density at radius 2 is 2.00 bits per heavy atom. The molecule has 2 N–H and O–H groups in total. The molecule has 0 unspecified atom stereocenters. The van der Waals surface area contributed by atoms with Gasteiger partial charge < -0.3 is 5.73 Å². The molecule has 0 bridgehead atoms. The fourth-order valence-electron chi connectivity index (χ4n) is 2.79. The molecule has 1 aliphatic rings. The van der Waals surface area contributed by atoms with Crippen LogP contribution in [0.4, 0.5) is 5.69 Å². The normalized spacial score (nSPS) is 15.7. The van der Waals surface area contributed by atoms with E-state index in [1.165, 1.54) is 32.1 Å². The smallest absolute Gasteiger partial charge is 0.0992 e. The quantitative estimate of drug-likeness (QED) is 0.828. The number of hydrogen-bond acceptors (Lipinski definition) is 3. The lowest BCUT2D eigenvalue weighted by atomic mass is 9.94. The van der Waals surface area contributed by atoms with Crippen LogP contribution in [0.2, 0.25) is 0 Å². The minimum absolute atomic E-state index is 0. The second-order valence-electron chi connectivity index (χ2n) is 5.35. The molecule has 1 saturated carbocycles. The summed E-state index contributed by atoms with van der Waals surface area (Å²) in [5, 5.41) is 9.03. The summed E-state index contributed by atoms with van der Waals surface area (Å²) in [6, 6.07) is 6.51. The highest BCUT2D eigenvalue weighted by atomic mass is 79.9. The van der Waals surface area contributed by atoms with Crippen molar-refractivity contribution >= 4 is 34.0 Å². The second-order valence-corrected chi connectivity index (χ2v) is 6.20. The first kappa shape index (κ1) is 17.3. The van der Waals surface area contributed by atoms with Gasteiger partial charge >= 0.3 is 0 Å². The summed E-state index contributed by atoms with van der Waals surface area (Å²) < 4.78 is 0.818. The highest BCUT2D eigenvalue weighted by molar-refractivity contribution is 9.10. The zero-order valence-corrected chi connectivity index (χ0v) is 14.1. The lowest BCUT2D eigenvalue weighted by Crippen LogP contribution is -2.33. The Labute approximate surface area is 135 Å². The third-order valence-electron chi connectivity index (χ3n) is 3.96. The van der Waals surface area contributed by atoms with Crippen LogP contribution in [0.15, 0.2) is 16.6 Å². The average Bonchev–Trinajstić information content (AvgIpc) is 2.44. The van der Waals surface area contributed by atoms with Gasteiger partial charge in [-0.1, -0.05) is 19.3 Å². The largest absolute Gasteiger partial charge is 0.398 e. The number of anilines is 1. The van der Waals surface area contributed by atoms with Gasteiger partial charge in [-0.3, -0.25) is 4.90 Å². The Hall–Kier alpha value is -0.760. The van der Waals surface area contributed by atoms with Crippen molar-refractivity contribution in [3.63, 3.8) is 0 Å². The van der Waals surface area contributed by atoms with Gasteiger partial charge in [-0.15, -0.1) is 12.4 Å².